The highest BCUT2D eigenvalue weighted by Crippen LogP contribution is 2.29. The summed E-state index contributed by atoms with van der Waals surface area (Å²) >= 11 is 0. The van der Waals surface area contributed by atoms with Crippen molar-refractivity contribution in [2.24, 2.45) is 0 Å². The summed E-state index contributed by atoms with van der Waals surface area (Å²) in [6.45, 7) is 8.52. The second kappa shape index (κ2) is 17.1. The Labute approximate surface area is 206 Å². The van der Waals surface area contributed by atoms with E-state index >= 15 is 0 Å². The van der Waals surface area contributed by atoms with Gasteiger partial charge in [0, 0.05) is 0 Å². The minimum atomic E-state index is -2.21. The van der Waals surface area contributed by atoms with Gasteiger partial charge in [0.25, 0.3) is 6.48 Å². The van der Waals surface area contributed by atoms with E-state index in [0.717, 1.165) is 25.7 Å². The monoisotopic (exact) mass is 512 g/mol. The summed E-state index contributed by atoms with van der Waals surface area (Å²) in [5.74, 6) is -11.5. The summed E-state index contributed by atoms with van der Waals surface area (Å²) in [4.78, 5) is 0. The molecule has 0 bridgehead atoms. The molecule has 204 valence electrons. The van der Waals surface area contributed by atoms with Crippen molar-refractivity contribution in [1.29, 1.82) is 0 Å². The van der Waals surface area contributed by atoms with Gasteiger partial charge in [-0.25, -0.2) is 13.2 Å². The predicted octanol–water partition coefficient (Wildman–Crippen LogP) is 8.20. The zero-order valence-corrected chi connectivity index (χ0v) is 21.6. The van der Waals surface area contributed by atoms with Crippen molar-refractivity contribution < 1.29 is 40.9 Å². The molecule has 0 aliphatic carbocycles. The lowest BCUT2D eigenvalue weighted by Crippen LogP contribution is -2.32. The third-order valence-electron chi connectivity index (χ3n) is 5.29. The molecule has 35 heavy (non-hydrogen) atoms. The number of rotatable bonds is 19. The molecular formula is C26H41F5O4. The smallest absolute Gasteiger partial charge is 0.272 e. The van der Waals surface area contributed by atoms with E-state index in [9.17, 15) is 22.0 Å². The first kappa shape index (κ1) is 31.6. The fourth-order valence-corrected chi connectivity index (χ4v) is 3.50. The van der Waals surface area contributed by atoms with Crippen LogP contribution in [0.25, 0.3) is 0 Å². The molecule has 0 aliphatic rings. The molecule has 1 aromatic rings. The van der Waals surface area contributed by atoms with E-state index in [1.807, 2.05) is 27.7 Å². The Hall–Kier alpha value is -1.45. The van der Waals surface area contributed by atoms with Crippen LogP contribution in [-0.4, -0.2) is 31.4 Å². The molecule has 9 heteroatoms. The summed E-state index contributed by atoms with van der Waals surface area (Å²) in [5, 5.41) is 0. The van der Waals surface area contributed by atoms with Crippen LogP contribution in [0.3, 0.4) is 0 Å². The summed E-state index contributed by atoms with van der Waals surface area (Å²) < 4.78 is 90.0. The highest BCUT2D eigenvalue weighted by atomic mass is 19.2. The molecule has 0 spiro atoms. The summed E-state index contributed by atoms with van der Waals surface area (Å²) in [6.07, 6.45) is 8.81. The highest BCUT2D eigenvalue weighted by Gasteiger charge is 2.27. The molecule has 1 atom stereocenters. The molecular weight excluding hydrogens is 471 g/mol. The third kappa shape index (κ3) is 11.9. The van der Waals surface area contributed by atoms with E-state index in [-0.39, 0.29) is 31.3 Å². The summed E-state index contributed by atoms with van der Waals surface area (Å²) in [5.41, 5.74) is 0. The first-order valence-corrected chi connectivity index (χ1v) is 12.7. The van der Waals surface area contributed by atoms with Gasteiger partial charge in [0.1, 0.15) is 0 Å². The first-order chi connectivity index (χ1) is 16.6. The van der Waals surface area contributed by atoms with Crippen LogP contribution in [0.1, 0.15) is 98.8 Å². The van der Waals surface area contributed by atoms with Crippen LogP contribution in [-0.2, 0) is 14.2 Å². The molecule has 1 unspecified atom stereocenters. The molecule has 0 amide bonds. The lowest BCUT2D eigenvalue weighted by molar-refractivity contribution is -0.327. The van der Waals surface area contributed by atoms with Gasteiger partial charge < -0.3 is 18.9 Å². The van der Waals surface area contributed by atoms with Crippen molar-refractivity contribution in [2.75, 3.05) is 6.61 Å². The average molecular weight is 513 g/mol. The maximum absolute atomic E-state index is 13.8. The van der Waals surface area contributed by atoms with Gasteiger partial charge in [0.15, 0.2) is 5.75 Å². The van der Waals surface area contributed by atoms with Gasteiger partial charge in [-0.15, -0.1) is 0 Å². The highest BCUT2D eigenvalue weighted by molar-refractivity contribution is 5.29. The van der Waals surface area contributed by atoms with E-state index in [1.165, 1.54) is 25.7 Å². The second-order valence-electron chi connectivity index (χ2n) is 9.22. The van der Waals surface area contributed by atoms with Crippen LogP contribution in [0, 0.1) is 29.1 Å². The Morgan fingerprint density at radius 3 is 1.54 bits per heavy atom. The van der Waals surface area contributed by atoms with Crippen LogP contribution in [0.15, 0.2) is 0 Å². The fourth-order valence-electron chi connectivity index (χ4n) is 3.50. The number of hydrogen-bond donors (Lipinski definition) is 0. The van der Waals surface area contributed by atoms with Crippen molar-refractivity contribution in [2.45, 2.75) is 124 Å². The minimum Gasteiger partial charge on any atom is -0.487 e. The molecule has 0 saturated carbocycles. The van der Waals surface area contributed by atoms with Gasteiger partial charge in [-0.3, -0.25) is 0 Å². The van der Waals surface area contributed by atoms with Gasteiger partial charge in [0.2, 0.25) is 29.1 Å². The quantitative estimate of drug-likeness (QED) is 0.0615. The summed E-state index contributed by atoms with van der Waals surface area (Å²) in [6, 6.07) is 0. The molecule has 4 nitrogen and oxygen atoms in total. The topological polar surface area (TPSA) is 36.9 Å². The Morgan fingerprint density at radius 1 is 0.571 bits per heavy atom. The molecule has 0 saturated heterocycles. The maximum Gasteiger partial charge on any atom is 0.272 e. The number of benzene rings is 1. The number of ether oxygens (including phenoxy) is 4. The molecule has 0 aromatic heterocycles. The molecule has 0 N–H and O–H groups in total. The average Bonchev–Trinajstić information content (AvgIpc) is 2.79. The van der Waals surface area contributed by atoms with Crippen molar-refractivity contribution in [3.63, 3.8) is 0 Å². The van der Waals surface area contributed by atoms with Crippen LogP contribution >= 0.6 is 0 Å². The zero-order chi connectivity index (χ0) is 26.4. The SMILES string of the molecule is CCCCCCCCCC(CCCOc1c(F)c(F)c(F)c(F)c1F)OC(OC(C)C)OC(C)C. The van der Waals surface area contributed by atoms with E-state index in [1.54, 1.807) is 0 Å². The minimum absolute atomic E-state index is 0.129. The van der Waals surface area contributed by atoms with Crippen LogP contribution in [0.2, 0.25) is 0 Å². The molecule has 0 radical (unpaired) electrons. The van der Waals surface area contributed by atoms with E-state index in [4.69, 9.17) is 18.9 Å². The lowest BCUT2D eigenvalue weighted by atomic mass is 10.0. The molecule has 0 heterocycles. The van der Waals surface area contributed by atoms with E-state index in [2.05, 4.69) is 6.92 Å². The van der Waals surface area contributed by atoms with Gasteiger partial charge in [0.05, 0.1) is 24.9 Å². The third-order valence-corrected chi connectivity index (χ3v) is 5.29. The Morgan fingerprint density at radius 2 is 1.03 bits per heavy atom. The first-order valence-electron chi connectivity index (χ1n) is 12.7. The van der Waals surface area contributed by atoms with Crippen molar-refractivity contribution in [1.82, 2.24) is 0 Å². The second-order valence-corrected chi connectivity index (χ2v) is 9.22. The van der Waals surface area contributed by atoms with Gasteiger partial charge in [-0.1, -0.05) is 51.9 Å². The fraction of sp³-hybridized carbons (Fsp3) is 0.769. The molecule has 1 aromatic carbocycles. The Balaban J connectivity index is 2.69. The lowest BCUT2D eigenvalue weighted by Gasteiger charge is -2.27. The van der Waals surface area contributed by atoms with Crippen molar-refractivity contribution in [3.05, 3.63) is 29.1 Å². The Bertz CT molecular complexity index is 691. The molecule has 1 rings (SSSR count). The van der Waals surface area contributed by atoms with Crippen LogP contribution < -0.4 is 4.74 Å². The normalized spacial score (nSPS) is 12.8. The zero-order valence-electron chi connectivity index (χ0n) is 21.6. The number of unbranched alkanes of at least 4 members (excludes halogenated alkanes) is 6. The standard InChI is InChI=1S/C26H41F5O4/c1-6-7-8-9-10-11-12-14-19(35-26(33-17(2)3)34-18(4)5)15-13-16-32-25-23(30)21(28)20(27)22(29)24(25)31/h17-19,26H,6-16H2,1-5H3. The van der Waals surface area contributed by atoms with Crippen molar-refractivity contribution in [3.8, 4) is 5.75 Å². The van der Waals surface area contributed by atoms with Crippen molar-refractivity contribution >= 4 is 0 Å². The van der Waals surface area contributed by atoms with E-state index in [0.29, 0.717) is 6.42 Å². The van der Waals surface area contributed by atoms with Crippen LogP contribution in [0.4, 0.5) is 22.0 Å². The largest absolute Gasteiger partial charge is 0.487 e. The van der Waals surface area contributed by atoms with E-state index < -0.39 is 41.3 Å². The van der Waals surface area contributed by atoms with Crippen LogP contribution in [0.5, 0.6) is 5.75 Å². The summed E-state index contributed by atoms with van der Waals surface area (Å²) in [7, 11) is 0. The predicted molar refractivity (Wildman–Crippen MR) is 125 cm³/mol. The van der Waals surface area contributed by atoms with Gasteiger partial charge in [-0.2, -0.15) is 8.78 Å². The van der Waals surface area contributed by atoms with Gasteiger partial charge in [-0.05, 0) is 47.0 Å². The maximum atomic E-state index is 13.8. The molecule has 0 fully saturated rings. The molecule has 0 aliphatic heterocycles. The Kier molecular flexibility index (Phi) is 15.4. The van der Waals surface area contributed by atoms with Gasteiger partial charge >= 0.3 is 0 Å². The number of halogens is 5. The number of hydrogen-bond acceptors (Lipinski definition) is 4.